The summed E-state index contributed by atoms with van der Waals surface area (Å²) in [5.74, 6) is -9.07. The smallest absolute Gasteiger partial charge is 0.455 e. The van der Waals surface area contributed by atoms with Crippen LogP contribution in [0.3, 0.4) is 0 Å². The van der Waals surface area contributed by atoms with E-state index in [1.807, 2.05) is 0 Å². The first-order chi connectivity index (χ1) is 15.9. The number of nitrogens with zero attached hydrogens (tertiary/aromatic N) is 8. The maximum absolute atomic E-state index is 12.0. The topological polar surface area (TPSA) is 303 Å². The summed E-state index contributed by atoms with van der Waals surface area (Å²) < 4.78 is 17.5. The van der Waals surface area contributed by atoms with E-state index in [1.165, 1.54) is 13.8 Å². The molecular formula is C12H10N8O14. The molecule has 0 N–H and O–H groups in total. The Kier molecular flexibility index (Phi) is 6.73. The molecule has 22 heteroatoms. The lowest BCUT2D eigenvalue weighted by molar-refractivity contribution is -0.794. The van der Waals surface area contributed by atoms with Crippen LogP contribution in [0.15, 0.2) is 9.05 Å². The molecule has 182 valence electrons. The molecule has 2 heterocycles. The van der Waals surface area contributed by atoms with E-state index in [9.17, 15) is 50.0 Å². The average Bonchev–Trinajstić information content (AvgIpc) is 3.39. The first kappa shape index (κ1) is 25.1. The average molecular weight is 490 g/mol. The third-order valence-corrected chi connectivity index (χ3v) is 3.83. The van der Waals surface area contributed by atoms with E-state index >= 15 is 0 Å². The monoisotopic (exact) mass is 490 g/mol. The molecule has 22 nitrogen and oxygen atoms in total. The van der Waals surface area contributed by atoms with Crippen LogP contribution in [0.1, 0.15) is 25.6 Å². The normalized spacial score (nSPS) is 11.5. The van der Waals surface area contributed by atoms with Gasteiger partial charge < -0.3 is 18.5 Å². The van der Waals surface area contributed by atoms with Gasteiger partial charge in [0.15, 0.2) is 0 Å². The van der Waals surface area contributed by atoms with E-state index in [-0.39, 0.29) is 0 Å². The molecule has 2 rings (SSSR count). The zero-order valence-electron chi connectivity index (χ0n) is 16.7. The lowest BCUT2D eigenvalue weighted by atomic mass is 10.2. The van der Waals surface area contributed by atoms with Gasteiger partial charge in [-0.15, -0.1) is 0 Å². The van der Waals surface area contributed by atoms with E-state index in [0.29, 0.717) is 0 Å². The summed E-state index contributed by atoms with van der Waals surface area (Å²) >= 11 is 0. The summed E-state index contributed by atoms with van der Waals surface area (Å²) in [6.07, 6.45) is 0. The lowest BCUT2D eigenvalue weighted by Crippen LogP contribution is -2.51. The maximum atomic E-state index is 12.0. The Morgan fingerprint density at radius 2 is 1.03 bits per heavy atom. The van der Waals surface area contributed by atoms with Crippen LogP contribution in [0.5, 0.6) is 0 Å². The van der Waals surface area contributed by atoms with Crippen LogP contribution < -0.4 is 0 Å². The Morgan fingerprint density at radius 1 is 0.735 bits per heavy atom. The first-order valence-corrected chi connectivity index (χ1v) is 8.53. The van der Waals surface area contributed by atoms with Crippen molar-refractivity contribution in [1.82, 2.24) is 20.3 Å². The Balaban J connectivity index is 2.64. The fraction of sp³-hybridized carbons (Fsp3) is 0.500. The van der Waals surface area contributed by atoms with E-state index < -0.39 is 79.6 Å². The van der Waals surface area contributed by atoms with Crippen LogP contribution in [-0.4, -0.2) is 65.1 Å². The number of hydrogen-bond donors (Lipinski definition) is 0. The highest BCUT2D eigenvalue weighted by atomic mass is 16.7. The van der Waals surface area contributed by atoms with Gasteiger partial charge in [-0.05, 0) is 13.8 Å². The molecule has 0 aromatic carbocycles. The number of carbonyl (C=O) groups is 2. The Bertz CT molecular complexity index is 1050. The molecule has 0 aliphatic rings. The van der Waals surface area contributed by atoms with Crippen molar-refractivity contribution in [2.45, 2.75) is 25.2 Å². The van der Waals surface area contributed by atoms with Crippen molar-refractivity contribution in [3.05, 3.63) is 52.2 Å². The SMILES string of the molecule is CCOC(=O)C(c1nc(-c2noc(C(C(=O)OCC)([N+](=O)[O-])[N+](=O)[O-])n2)no1)([N+](=O)[O-])[N+](=O)[O-]. The molecular weight excluding hydrogens is 480 g/mol. The van der Waals surface area contributed by atoms with E-state index in [4.69, 9.17) is 0 Å². The summed E-state index contributed by atoms with van der Waals surface area (Å²) in [5.41, 5.74) is -7.83. The Labute approximate surface area is 183 Å². The molecule has 0 aliphatic carbocycles. The third kappa shape index (κ3) is 3.56. The number of rotatable bonds is 11. The van der Waals surface area contributed by atoms with Gasteiger partial charge in [0.25, 0.3) is 0 Å². The highest BCUT2D eigenvalue weighted by Gasteiger charge is 2.74. The van der Waals surface area contributed by atoms with Gasteiger partial charge in [-0.25, -0.2) is 9.59 Å². The lowest BCUT2D eigenvalue weighted by Gasteiger charge is -2.11. The number of hydrogen-bond acceptors (Lipinski definition) is 18. The zero-order valence-corrected chi connectivity index (χ0v) is 16.7. The fourth-order valence-corrected chi connectivity index (χ4v) is 2.29. The summed E-state index contributed by atoms with van der Waals surface area (Å²) in [6.45, 7) is 1.39. The van der Waals surface area contributed by atoms with Gasteiger partial charge in [-0.3, -0.25) is 40.5 Å². The van der Waals surface area contributed by atoms with Crippen molar-refractivity contribution < 1.29 is 47.8 Å². The maximum Gasteiger partial charge on any atom is 0.631 e. The molecule has 0 spiro atoms. The second kappa shape index (κ2) is 9.13. The van der Waals surface area contributed by atoms with E-state index in [1.54, 1.807) is 0 Å². The summed E-state index contributed by atoms with van der Waals surface area (Å²) in [6, 6.07) is 0. The quantitative estimate of drug-likeness (QED) is 0.152. The van der Waals surface area contributed by atoms with Crippen LogP contribution in [0.2, 0.25) is 0 Å². The van der Waals surface area contributed by atoms with Gasteiger partial charge >= 0.3 is 35.0 Å². The van der Waals surface area contributed by atoms with Gasteiger partial charge in [0, 0.05) is 0 Å². The van der Waals surface area contributed by atoms with Gasteiger partial charge in [0.1, 0.15) is 19.7 Å². The first-order valence-electron chi connectivity index (χ1n) is 8.53. The van der Waals surface area contributed by atoms with Crippen molar-refractivity contribution in [1.29, 1.82) is 0 Å². The standard InChI is InChI=1S/C12H10N8O14/c1-3-31-9(21)11(17(23)24,18(25)26)7-13-5(15-33-7)6-14-8(34-16-6)12(19(27)28,20(29)30)10(22)32-4-2/h3-4H2,1-2H3. The number of nitro groups is 4. The van der Waals surface area contributed by atoms with Crippen LogP contribution in [0.4, 0.5) is 0 Å². The molecule has 0 saturated carbocycles. The summed E-state index contributed by atoms with van der Waals surface area (Å²) in [4.78, 5) is 69.6. The number of carbonyl (C=O) groups excluding carboxylic acids is 2. The molecule has 0 fully saturated rings. The Morgan fingerprint density at radius 3 is 1.26 bits per heavy atom. The largest absolute Gasteiger partial charge is 0.631 e. The van der Waals surface area contributed by atoms with Crippen molar-refractivity contribution >= 4 is 11.9 Å². The number of ether oxygens (including phenoxy) is 2. The van der Waals surface area contributed by atoms with Crippen LogP contribution in [0, 0.1) is 40.5 Å². The predicted octanol–water partition coefficient (Wildman–Crippen LogP) is -1.34. The van der Waals surface area contributed by atoms with Gasteiger partial charge in [-0.1, -0.05) is 10.3 Å². The third-order valence-electron chi connectivity index (χ3n) is 3.83. The minimum absolute atomic E-state index is 0.505. The van der Waals surface area contributed by atoms with Crippen LogP contribution in [-0.2, 0) is 30.4 Å². The summed E-state index contributed by atoms with van der Waals surface area (Å²) in [5, 5.41) is 51.9. The minimum Gasteiger partial charge on any atom is -0.455 e. The molecule has 0 amide bonds. The second-order valence-corrected chi connectivity index (χ2v) is 5.66. The number of aromatic nitrogens is 4. The van der Waals surface area contributed by atoms with E-state index in [2.05, 4.69) is 38.8 Å². The minimum atomic E-state index is -3.91. The highest BCUT2D eigenvalue weighted by molar-refractivity contribution is 5.78. The van der Waals surface area contributed by atoms with E-state index in [0.717, 1.165) is 0 Å². The molecule has 0 atom stereocenters. The molecule has 0 aliphatic heterocycles. The van der Waals surface area contributed by atoms with Gasteiger partial charge in [0.05, 0.1) is 13.2 Å². The van der Waals surface area contributed by atoms with Crippen LogP contribution in [0.25, 0.3) is 11.6 Å². The molecule has 34 heavy (non-hydrogen) atoms. The summed E-state index contributed by atoms with van der Waals surface area (Å²) in [7, 11) is 0. The predicted molar refractivity (Wildman–Crippen MR) is 92.2 cm³/mol. The van der Waals surface area contributed by atoms with Crippen molar-refractivity contribution in [2.24, 2.45) is 0 Å². The Hall–Kier alpha value is -5.18. The molecule has 0 bridgehead atoms. The highest BCUT2D eigenvalue weighted by Crippen LogP contribution is 2.30. The molecule has 2 aromatic heterocycles. The van der Waals surface area contributed by atoms with Crippen LogP contribution >= 0.6 is 0 Å². The molecule has 0 radical (unpaired) electrons. The molecule has 2 aromatic rings. The number of esters is 2. The van der Waals surface area contributed by atoms with Gasteiger partial charge in [0.2, 0.25) is 11.6 Å². The zero-order chi connectivity index (χ0) is 25.8. The fourth-order valence-electron chi connectivity index (χ4n) is 2.29. The van der Waals surface area contributed by atoms with Gasteiger partial charge in [-0.2, -0.15) is 9.97 Å². The van der Waals surface area contributed by atoms with Crippen molar-refractivity contribution in [3.8, 4) is 11.6 Å². The second-order valence-electron chi connectivity index (χ2n) is 5.66. The van der Waals surface area contributed by atoms with Crippen molar-refractivity contribution in [3.63, 3.8) is 0 Å². The molecule has 0 unspecified atom stereocenters. The van der Waals surface area contributed by atoms with Crippen molar-refractivity contribution in [2.75, 3.05) is 13.2 Å². The molecule has 0 saturated heterocycles.